The molecule has 1 amide bonds. The maximum Gasteiger partial charge on any atom is 0.271 e. The molecule has 0 bridgehead atoms. The maximum absolute atomic E-state index is 12.3. The first-order chi connectivity index (χ1) is 13.5. The van der Waals surface area contributed by atoms with Gasteiger partial charge in [0.25, 0.3) is 5.91 Å². The van der Waals surface area contributed by atoms with Crippen molar-refractivity contribution in [2.45, 2.75) is 13.8 Å². The number of halogens is 1. The molecular weight excluding hydrogens is 475 g/mol. The van der Waals surface area contributed by atoms with E-state index in [4.69, 9.17) is 18.9 Å². The number of carbonyl (C=O) groups is 1. The number of benzene rings is 2. The van der Waals surface area contributed by atoms with Crippen molar-refractivity contribution >= 4 is 34.7 Å². The van der Waals surface area contributed by atoms with Crippen LogP contribution in [0, 0.1) is 3.57 Å². The summed E-state index contributed by atoms with van der Waals surface area (Å²) in [6.07, 6.45) is 1.55. The van der Waals surface area contributed by atoms with Crippen molar-refractivity contribution in [3.8, 4) is 23.0 Å². The predicted molar refractivity (Wildman–Crippen MR) is 116 cm³/mol. The third kappa shape index (κ3) is 5.51. The van der Waals surface area contributed by atoms with Crippen LogP contribution in [0.1, 0.15) is 29.8 Å². The molecule has 150 valence electrons. The van der Waals surface area contributed by atoms with Crippen LogP contribution >= 0.6 is 22.6 Å². The Kier molecular flexibility index (Phi) is 8.37. The van der Waals surface area contributed by atoms with Gasteiger partial charge in [-0.1, -0.05) is 0 Å². The van der Waals surface area contributed by atoms with Gasteiger partial charge < -0.3 is 18.9 Å². The van der Waals surface area contributed by atoms with Gasteiger partial charge in [0.1, 0.15) is 0 Å². The molecule has 2 rings (SSSR count). The van der Waals surface area contributed by atoms with Gasteiger partial charge in [-0.2, -0.15) is 5.10 Å². The van der Waals surface area contributed by atoms with Gasteiger partial charge in [0, 0.05) is 5.56 Å². The predicted octanol–water partition coefficient (Wildman–Crippen LogP) is 3.87. The van der Waals surface area contributed by atoms with Crippen molar-refractivity contribution in [3.05, 3.63) is 45.0 Å². The quantitative estimate of drug-likeness (QED) is 0.323. The first-order valence-electron chi connectivity index (χ1n) is 8.68. The summed E-state index contributed by atoms with van der Waals surface area (Å²) >= 11 is 2.17. The van der Waals surface area contributed by atoms with E-state index in [1.807, 2.05) is 19.9 Å². The van der Waals surface area contributed by atoms with Crippen LogP contribution in [0.5, 0.6) is 23.0 Å². The zero-order valence-corrected chi connectivity index (χ0v) is 18.4. The molecule has 0 spiro atoms. The van der Waals surface area contributed by atoms with Crippen LogP contribution in [-0.2, 0) is 0 Å². The fourth-order valence-corrected chi connectivity index (χ4v) is 3.19. The molecule has 0 atom stereocenters. The second kappa shape index (κ2) is 10.7. The molecule has 0 aromatic heterocycles. The van der Waals surface area contributed by atoms with Crippen LogP contribution in [0.15, 0.2) is 35.4 Å². The fourth-order valence-electron chi connectivity index (χ4n) is 2.41. The molecule has 28 heavy (non-hydrogen) atoms. The summed E-state index contributed by atoms with van der Waals surface area (Å²) in [4.78, 5) is 12.3. The molecule has 0 aliphatic heterocycles. The van der Waals surface area contributed by atoms with Crippen molar-refractivity contribution in [3.63, 3.8) is 0 Å². The summed E-state index contributed by atoms with van der Waals surface area (Å²) in [6.45, 7) is 4.85. The molecule has 7 nitrogen and oxygen atoms in total. The minimum Gasteiger partial charge on any atom is -0.493 e. The van der Waals surface area contributed by atoms with E-state index >= 15 is 0 Å². The van der Waals surface area contributed by atoms with Gasteiger partial charge in [0.2, 0.25) is 0 Å². The van der Waals surface area contributed by atoms with Crippen molar-refractivity contribution in [2.75, 3.05) is 27.4 Å². The Hall–Kier alpha value is -2.49. The van der Waals surface area contributed by atoms with Crippen LogP contribution in [0.4, 0.5) is 0 Å². The average molecular weight is 498 g/mol. The summed E-state index contributed by atoms with van der Waals surface area (Å²) in [5, 5.41) is 4.03. The number of hydrazone groups is 1. The molecule has 0 fully saturated rings. The average Bonchev–Trinajstić information content (AvgIpc) is 2.70. The Morgan fingerprint density at radius 1 is 1.04 bits per heavy atom. The number of nitrogens with one attached hydrogen (secondary N) is 1. The molecule has 0 heterocycles. The zero-order chi connectivity index (χ0) is 20.5. The SMILES string of the molecule is CCOc1ccc(C(=O)N/N=C/c2cc(I)c(OCC)c(OC)c2)cc1OC. The number of carbonyl (C=O) groups excluding carboxylic acids is 1. The lowest BCUT2D eigenvalue weighted by molar-refractivity contribution is 0.0954. The monoisotopic (exact) mass is 498 g/mol. The van der Waals surface area contributed by atoms with Crippen LogP contribution < -0.4 is 24.4 Å². The van der Waals surface area contributed by atoms with Gasteiger partial charge in [0.05, 0.1) is 37.2 Å². The van der Waals surface area contributed by atoms with E-state index in [0.717, 1.165) is 9.13 Å². The number of rotatable bonds is 9. The minimum absolute atomic E-state index is 0.356. The summed E-state index contributed by atoms with van der Waals surface area (Å²) in [5.74, 6) is 2.02. The lowest BCUT2D eigenvalue weighted by Gasteiger charge is -2.12. The highest BCUT2D eigenvalue weighted by molar-refractivity contribution is 14.1. The Morgan fingerprint density at radius 2 is 1.75 bits per heavy atom. The Bertz CT molecular complexity index is 855. The molecule has 0 saturated heterocycles. The smallest absolute Gasteiger partial charge is 0.271 e. The molecule has 2 aromatic rings. The zero-order valence-electron chi connectivity index (χ0n) is 16.2. The third-order valence-electron chi connectivity index (χ3n) is 3.65. The molecule has 0 unspecified atom stereocenters. The third-order valence-corrected chi connectivity index (χ3v) is 4.45. The number of methoxy groups -OCH3 is 2. The summed E-state index contributed by atoms with van der Waals surface area (Å²) in [7, 11) is 3.11. The van der Waals surface area contributed by atoms with Gasteiger partial charge in [-0.3, -0.25) is 4.79 Å². The molecule has 0 radical (unpaired) electrons. The highest BCUT2D eigenvalue weighted by Crippen LogP contribution is 2.33. The number of hydrogen-bond donors (Lipinski definition) is 1. The fraction of sp³-hybridized carbons (Fsp3) is 0.300. The number of ether oxygens (including phenoxy) is 4. The van der Waals surface area contributed by atoms with E-state index in [1.54, 1.807) is 37.6 Å². The number of nitrogens with zero attached hydrogens (tertiary/aromatic N) is 1. The molecule has 0 saturated carbocycles. The van der Waals surface area contributed by atoms with Crippen molar-refractivity contribution in [2.24, 2.45) is 5.10 Å². The normalized spacial score (nSPS) is 10.6. The summed E-state index contributed by atoms with van der Waals surface area (Å²) in [6, 6.07) is 8.65. The maximum atomic E-state index is 12.3. The molecule has 8 heteroatoms. The van der Waals surface area contributed by atoms with Crippen LogP contribution in [-0.4, -0.2) is 39.6 Å². The van der Waals surface area contributed by atoms with E-state index in [1.165, 1.54) is 7.11 Å². The minimum atomic E-state index is -0.356. The molecule has 0 aliphatic carbocycles. The lowest BCUT2D eigenvalue weighted by atomic mass is 10.2. The van der Waals surface area contributed by atoms with Crippen molar-refractivity contribution in [1.29, 1.82) is 0 Å². The van der Waals surface area contributed by atoms with Crippen LogP contribution in [0.2, 0.25) is 0 Å². The first kappa shape index (κ1) is 21.8. The molecule has 2 aromatic carbocycles. The van der Waals surface area contributed by atoms with Gasteiger partial charge >= 0.3 is 0 Å². The number of amides is 1. The van der Waals surface area contributed by atoms with E-state index < -0.39 is 0 Å². The Morgan fingerprint density at radius 3 is 2.39 bits per heavy atom. The van der Waals surface area contributed by atoms with Crippen LogP contribution in [0.25, 0.3) is 0 Å². The molecular formula is C20H23IN2O5. The Labute approximate surface area is 178 Å². The second-order valence-electron chi connectivity index (χ2n) is 5.46. The van der Waals surface area contributed by atoms with Gasteiger partial charge in [0.15, 0.2) is 23.0 Å². The van der Waals surface area contributed by atoms with Gasteiger partial charge in [-0.25, -0.2) is 5.43 Å². The second-order valence-corrected chi connectivity index (χ2v) is 6.63. The molecule has 0 aliphatic rings. The molecule has 1 N–H and O–H groups in total. The van der Waals surface area contributed by atoms with Gasteiger partial charge in [-0.05, 0) is 72.3 Å². The lowest BCUT2D eigenvalue weighted by Crippen LogP contribution is -2.17. The first-order valence-corrected chi connectivity index (χ1v) is 9.76. The van der Waals surface area contributed by atoms with Crippen LogP contribution in [0.3, 0.4) is 0 Å². The van der Waals surface area contributed by atoms with E-state index in [2.05, 4.69) is 33.1 Å². The van der Waals surface area contributed by atoms with Crippen molar-refractivity contribution < 1.29 is 23.7 Å². The Balaban J connectivity index is 2.12. The topological polar surface area (TPSA) is 78.4 Å². The van der Waals surface area contributed by atoms with E-state index in [0.29, 0.717) is 41.8 Å². The van der Waals surface area contributed by atoms with E-state index in [-0.39, 0.29) is 5.91 Å². The highest BCUT2D eigenvalue weighted by Gasteiger charge is 2.12. The highest BCUT2D eigenvalue weighted by atomic mass is 127. The van der Waals surface area contributed by atoms with Crippen molar-refractivity contribution in [1.82, 2.24) is 5.43 Å². The summed E-state index contributed by atoms with van der Waals surface area (Å²) < 4.78 is 22.6. The summed E-state index contributed by atoms with van der Waals surface area (Å²) in [5.41, 5.74) is 3.69. The largest absolute Gasteiger partial charge is 0.493 e. The number of hydrogen-bond acceptors (Lipinski definition) is 6. The standard InChI is InChI=1S/C20H23IN2O5/c1-5-27-16-8-7-14(11-17(16)25-3)20(24)23-22-12-13-9-15(21)19(28-6-2)18(10-13)26-4/h7-12H,5-6H2,1-4H3,(H,23,24)/b22-12+. The van der Waals surface area contributed by atoms with Gasteiger partial charge in [-0.15, -0.1) is 0 Å². The van der Waals surface area contributed by atoms with E-state index in [9.17, 15) is 4.79 Å².